The molecule has 5 nitrogen and oxygen atoms in total. The van der Waals surface area contributed by atoms with Crippen molar-refractivity contribution in [3.8, 4) is 5.75 Å². The molecule has 0 saturated carbocycles. The second-order valence-electron chi connectivity index (χ2n) is 4.37. The fourth-order valence-corrected chi connectivity index (χ4v) is 2.54. The number of rotatable bonds is 4. The molecule has 0 spiro atoms. The minimum Gasteiger partial charge on any atom is -0.497 e. The van der Waals surface area contributed by atoms with E-state index in [0.717, 1.165) is 10.0 Å². The summed E-state index contributed by atoms with van der Waals surface area (Å²) in [6.45, 7) is 0.271. The van der Waals surface area contributed by atoms with Gasteiger partial charge in [0.2, 0.25) is 5.91 Å². The molecule has 0 bridgehead atoms. The highest BCUT2D eigenvalue weighted by Gasteiger charge is 2.36. The van der Waals surface area contributed by atoms with E-state index in [4.69, 9.17) is 9.84 Å². The Kier molecular flexibility index (Phi) is 4.09. The van der Waals surface area contributed by atoms with Gasteiger partial charge in [-0.3, -0.25) is 4.79 Å². The van der Waals surface area contributed by atoms with Crippen molar-refractivity contribution in [2.24, 2.45) is 0 Å². The van der Waals surface area contributed by atoms with Gasteiger partial charge in [0, 0.05) is 17.4 Å². The van der Waals surface area contributed by atoms with Gasteiger partial charge in [0.15, 0.2) is 0 Å². The number of carbonyl (C=O) groups excluding carboxylic acids is 1. The van der Waals surface area contributed by atoms with E-state index in [1.54, 1.807) is 19.2 Å². The van der Waals surface area contributed by atoms with Gasteiger partial charge in [-0.2, -0.15) is 0 Å². The van der Waals surface area contributed by atoms with Crippen molar-refractivity contribution in [1.29, 1.82) is 0 Å². The molecule has 0 radical (unpaired) electrons. The smallest absolute Gasteiger partial charge is 0.326 e. The zero-order valence-electron chi connectivity index (χ0n) is 10.4. The van der Waals surface area contributed by atoms with Crippen molar-refractivity contribution < 1.29 is 19.4 Å². The number of carbonyl (C=O) groups is 2. The molecule has 1 aromatic rings. The summed E-state index contributed by atoms with van der Waals surface area (Å²) in [5.41, 5.74) is 0.834. The maximum Gasteiger partial charge on any atom is 0.326 e. The summed E-state index contributed by atoms with van der Waals surface area (Å²) in [6, 6.07) is 4.69. The van der Waals surface area contributed by atoms with Gasteiger partial charge in [0.05, 0.1) is 7.11 Å². The van der Waals surface area contributed by atoms with Gasteiger partial charge >= 0.3 is 5.97 Å². The molecule has 1 N–H and O–H groups in total. The number of carboxylic acid groups (broad SMARTS) is 1. The number of carboxylic acids is 1. The predicted octanol–water partition coefficient (Wildman–Crippen LogP) is 2.03. The summed E-state index contributed by atoms with van der Waals surface area (Å²) in [4.78, 5) is 24.3. The molecule has 1 unspecified atom stereocenters. The van der Waals surface area contributed by atoms with Crippen LogP contribution in [0, 0.1) is 0 Å². The van der Waals surface area contributed by atoms with Gasteiger partial charge < -0.3 is 14.7 Å². The first-order valence-corrected chi connectivity index (χ1v) is 6.67. The van der Waals surface area contributed by atoms with Crippen LogP contribution in [0.25, 0.3) is 0 Å². The molecule has 1 atom stereocenters. The summed E-state index contributed by atoms with van der Waals surface area (Å²) in [7, 11) is 1.56. The third-order valence-electron chi connectivity index (χ3n) is 3.21. The second kappa shape index (κ2) is 5.61. The summed E-state index contributed by atoms with van der Waals surface area (Å²) < 4.78 is 5.97. The van der Waals surface area contributed by atoms with Crippen LogP contribution in [0.2, 0.25) is 0 Å². The first-order chi connectivity index (χ1) is 9.02. The second-order valence-corrected chi connectivity index (χ2v) is 5.23. The lowest BCUT2D eigenvalue weighted by atomic mass is 10.1. The highest BCUT2D eigenvalue weighted by molar-refractivity contribution is 9.10. The van der Waals surface area contributed by atoms with Crippen LogP contribution in [0.1, 0.15) is 18.4 Å². The SMILES string of the molecule is COc1ccc(Br)c(CN2C(=O)CCC2C(=O)O)c1. The molecule has 1 aliphatic heterocycles. The molecule has 102 valence electrons. The van der Waals surface area contributed by atoms with Crippen molar-refractivity contribution >= 4 is 27.8 Å². The van der Waals surface area contributed by atoms with Crippen molar-refractivity contribution in [2.75, 3.05) is 7.11 Å². The molecular weight excluding hydrogens is 314 g/mol. The molecule has 1 heterocycles. The molecule has 1 fully saturated rings. The predicted molar refractivity (Wildman–Crippen MR) is 71.9 cm³/mol. The lowest BCUT2D eigenvalue weighted by molar-refractivity contribution is -0.146. The summed E-state index contributed by atoms with van der Waals surface area (Å²) in [5.74, 6) is -0.399. The maximum atomic E-state index is 11.8. The van der Waals surface area contributed by atoms with E-state index in [1.165, 1.54) is 4.90 Å². The topological polar surface area (TPSA) is 66.8 Å². The molecule has 19 heavy (non-hydrogen) atoms. The minimum atomic E-state index is -0.954. The lowest BCUT2D eigenvalue weighted by Crippen LogP contribution is -2.37. The quantitative estimate of drug-likeness (QED) is 0.918. The fourth-order valence-electron chi connectivity index (χ4n) is 2.17. The molecule has 0 aromatic heterocycles. The van der Waals surface area contributed by atoms with E-state index in [1.807, 2.05) is 6.07 Å². The number of amides is 1. The third kappa shape index (κ3) is 2.89. The van der Waals surface area contributed by atoms with E-state index in [-0.39, 0.29) is 12.5 Å². The number of ether oxygens (including phenoxy) is 1. The number of methoxy groups -OCH3 is 1. The molecule has 1 aliphatic rings. The summed E-state index contributed by atoms with van der Waals surface area (Å²) in [6.07, 6.45) is 0.661. The number of aliphatic carboxylic acids is 1. The Hall–Kier alpha value is -1.56. The third-order valence-corrected chi connectivity index (χ3v) is 3.98. The van der Waals surface area contributed by atoms with E-state index in [2.05, 4.69) is 15.9 Å². The van der Waals surface area contributed by atoms with Crippen LogP contribution in [-0.4, -0.2) is 35.0 Å². The first kappa shape index (κ1) is 13.9. The zero-order valence-corrected chi connectivity index (χ0v) is 12.0. The van der Waals surface area contributed by atoms with Gasteiger partial charge in [-0.05, 0) is 30.2 Å². The molecular formula is C13H14BrNO4. The largest absolute Gasteiger partial charge is 0.497 e. The van der Waals surface area contributed by atoms with Crippen LogP contribution in [-0.2, 0) is 16.1 Å². The van der Waals surface area contributed by atoms with Gasteiger partial charge in [-0.1, -0.05) is 15.9 Å². The van der Waals surface area contributed by atoms with E-state index in [9.17, 15) is 9.59 Å². The normalized spacial score (nSPS) is 18.7. The molecule has 1 aromatic carbocycles. The number of benzene rings is 1. The molecule has 0 aliphatic carbocycles. The molecule has 2 rings (SSSR count). The minimum absolute atomic E-state index is 0.123. The highest BCUT2D eigenvalue weighted by Crippen LogP contribution is 2.27. The Bertz CT molecular complexity index is 517. The van der Waals surface area contributed by atoms with E-state index < -0.39 is 12.0 Å². The summed E-state index contributed by atoms with van der Waals surface area (Å²) >= 11 is 3.40. The fraction of sp³-hybridized carbons (Fsp3) is 0.385. The number of likely N-dealkylation sites (tertiary alicyclic amines) is 1. The standard InChI is InChI=1S/C13H14BrNO4/c1-19-9-2-3-10(14)8(6-9)7-15-11(13(17)18)4-5-12(15)16/h2-3,6,11H,4-5,7H2,1H3,(H,17,18). The highest BCUT2D eigenvalue weighted by atomic mass is 79.9. The number of nitrogens with zero attached hydrogens (tertiary/aromatic N) is 1. The molecule has 1 saturated heterocycles. The monoisotopic (exact) mass is 327 g/mol. The zero-order chi connectivity index (χ0) is 14.0. The van der Waals surface area contributed by atoms with Crippen LogP contribution >= 0.6 is 15.9 Å². The Morgan fingerprint density at radius 1 is 1.58 bits per heavy atom. The average Bonchev–Trinajstić information content (AvgIpc) is 2.74. The Morgan fingerprint density at radius 3 is 2.95 bits per heavy atom. The summed E-state index contributed by atoms with van der Waals surface area (Å²) in [5, 5.41) is 9.12. The maximum absolute atomic E-state index is 11.8. The Labute approximate surface area is 119 Å². The first-order valence-electron chi connectivity index (χ1n) is 5.87. The van der Waals surface area contributed by atoms with Crippen LogP contribution in [0.4, 0.5) is 0 Å². The Morgan fingerprint density at radius 2 is 2.32 bits per heavy atom. The number of halogens is 1. The molecule has 6 heteroatoms. The number of hydrogen-bond donors (Lipinski definition) is 1. The van der Waals surface area contributed by atoms with Gasteiger partial charge in [0.25, 0.3) is 0 Å². The van der Waals surface area contributed by atoms with Gasteiger partial charge in [-0.15, -0.1) is 0 Å². The molecule has 1 amide bonds. The lowest BCUT2D eigenvalue weighted by Gasteiger charge is -2.22. The van der Waals surface area contributed by atoms with Gasteiger partial charge in [0.1, 0.15) is 11.8 Å². The number of hydrogen-bond acceptors (Lipinski definition) is 3. The van der Waals surface area contributed by atoms with Crippen molar-refractivity contribution in [3.05, 3.63) is 28.2 Å². The van der Waals surface area contributed by atoms with E-state index in [0.29, 0.717) is 18.6 Å². The van der Waals surface area contributed by atoms with E-state index >= 15 is 0 Å². The van der Waals surface area contributed by atoms with Crippen LogP contribution in [0.5, 0.6) is 5.75 Å². The van der Waals surface area contributed by atoms with Crippen molar-refractivity contribution in [1.82, 2.24) is 4.90 Å². The van der Waals surface area contributed by atoms with Crippen LogP contribution < -0.4 is 4.74 Å². The van der Waals surface area contributed by atoms with Crippen molar-refractivity contribution in [3.63, 3.8) is 0 Å². The van der Waals surface area contributed by atoms with Gasteiger partial charge in [-0.25, -0.2) is 4.79 Å². The average molecular weight is 328 g/mol. The Balaban J connectivity index is 2.24. The van der Waals surface area contributed by atoms with Crippen LogP contribution in [0.15, 0.2) is 22.7 Å². The van der Waals surface area contributed by atoms with Crippen LogP contribution in [0.3, 0.4) is 0 Å². The van der Waals surface area contributed by atoms with Crippen molar-refractivity contribution in [2.45, 2.75) is 25.4 Å².